The summed E-state index contributed by atoms with van der Waals surface area (Å²) in [7, 11) is 0. The van der Waals surface area contributed by atoms with E-state index in [1.54, 1.807) is 4.90 Å². The topological polar surface area (TPSA) is 61.8 Å². The van der Waals surface area contributed by atoms with Crippen LogP contribution in [0.15, 0.2) is 54.6 Å². The van der Waals surface area contributed by atoms with E-state index in [4.69, 9.17) is 4.74 Å². The first-order chi connectivity index (χ1) is 12.1. The van der Waals surface area contributed by atoms with Gasteiger partial charge >= 0.3 is 0 Å². The third-order valence-corrected chi connectivity index (χ3v) is 4.15. The number of benzene rings is 2. The second-order valence-electron chi connectivity index (χ2n) is 6.50. The predicted octanol–water partition coefficient (Wildman–Crippen LogP) is 2.72. The smallest absolute Gasteiger partial charge is 0.261 e. The van der Waals surface area contributed by atoms with Crippen molar-refractivity contribution in [3.63, 3.8) is 0 Å². The van der Waals surface area contributed by atoms with Crippen molar-refractivity contribution in [2.45, 2.75) is 32.2 Å². The Morgan fingerprint density at radius 1 is 1.12 bits per heavy atom. The molecule has 2 N–H and O–H groups in total. The summed E-state index contributed by atoms with van der Waals surface area (Å²) in [6, 6.07) is 17.2. The third-order valence-electron chi connectivity index (χ3n) is 4.15. The first-order valence-corrected chi connectivity index (χ1v) is 8.58. The molecule has 1 aliphatic rings. The van der Waals surface area contributed by atoms with E-state index in [2.05, 4.69) is 5.32 Å². The number of aliphatic hydroxyl groups is 1. The molecule has 2 atom stereocenters. The van der Waals surface area contributed by atoms with Gasteiger partial charge in [0.2, 0.25) is 0 Å². The minimum atomic E-state index is -0.636. The summed E-state index contributed by atoms with van der Waals surface area (Å²) in [4.78, 5) is 14.5. The molecule has 2 aromatic rings. The Morgan fingerprint density at radius 3 is 2.52 bits per heavy atom. The minimum Gasteiger partial charge on any atom is -0.389 e. The second kappa shape index (κ2) is 7.78. The van der Waals surface area contributed by atoms with Gasteiger partial charge in [0.1, 0.15) is 0 Å². The lowest BCUT2D eigenvalue weighted by Gasteiger charge is -2.26. The van der Waals surface area contributed by atoms with Crippen LogP contribution >= 0.6 is 0 Å². The van der Waals surface area contributed by atoms with Gasteiger partial charge in [0.05, 0.1) is 12.7 Å². The molecule has 0 aromatic heterocycles. The maximum Gasteiger partial charge on any atom is 0.261 e. The Kier molecular flexibility index (Phi) is 5.48. The van der Waals surface area contributed by atoms with E-state index in [0.717, 1.165) is 11.3 Å². The fraction of sp³-hybridized carbons (Fsp3) is 0.350. The van der Waals surface area contributed by atoms with Gasteiger partial charge in [-0.1, -0.05) is 50.2 Å². The first kappa shape index (κ1) is 17.6. The maximum atomic E-state index is 12.8. The van der Waals surface area contributed by atoms with Gasteiger partial charge in [-0.05, 0) is 18.2 Å². The van der Waals surface area contributed by atoms with Crippen LogP contribution in [0.2, 0.25) is 0 Å². The number of aliphatic hydroxyl groups excluding tert-OH is 1. The average Bonchev–Trinajstić information content (AvgIpc) is 2.91. The zero-order valence-electron chi connectivity index (χ0n) is 14.6. The molecule has 5 heteroatoms. The van der Waals surface area contributed by atoms with Gasteiger partial charge in [-0.25, -0.2) is 0 Å². The molecule has 0 saturated carbocycles. The fourth-order valence-corrected chi connectivity index (χ4v) is 2.92. The monoisotopic (exact) mass is 340 g/mol. The number of nitrogens with one attached hydrogen (secondary N) is 1. The summed E-state index contributed by atoms with van der Waals surface area (Å²) in [5.41, 5.74) is 2.26. The van der Waals surface area contributed by atoms with E-state index in [0.29, 0.717) is 18.2 Å². The highest BCUT2D eigenvalue weighted by molar-refractivity contribution is 6.10. The van der Waals surface area contributed by atoms with Crippen molar-refractivity contribution < 1.29 is 14.6 Å². The van der Waals surface area contributed by atoms with Gasteiger partial charge in [-0.2, -0.15) is 0 Å². The van der Waals surface area contributed by atoms with Crippen molar-refractivity contribution in [2.75, 3.05) is 18.1 Å². The van der Waals surface area contributed by atoms with Gasteiger partial charge < -0.3 is 15.2 Å². The molecular weight excluding hydrogens is 316 g/mol. The van der Waals surface area contributed by atoms with Crippen LogP contribution in [0.5, 0.6) is 0 Å². The molecule has 0 saturated heterocycles. The van der Waals surface area contributed by atoms with Crippen molar-refractivity contribution in [3.05, 3.63) is 65.7 Å². The number of carbonyl (C=O) groups excluding carboxylic acids is 1. The van der Waals surface area contributed by atoms with E-state index in [-0.39, 0.29) is 12.5 Å². The molecule has 1 amide bonds. The Morgan fingerprint density at radius 2 is 1.80 bits per heavy atom. The molecule has 0 bridgehead atoms. The number of amides is 1. The van der Waals surface area contributed by atoms with Gasteiger partial charge in [0.15, 0.2) is 6.23 Å². The first-order valence-electron chi connectivity index (χ1n) is 8.58. The van der Waals surface area contributed by atoms with Crippen molar-refractivity contribution in [1.82, 2.24) is 5.32 Å². The summed E-state index contributed by atoms with van der Waals surface area (Å²) in [6.45, 7) is 4.65. The number of anilines is 1. The van der Waals surface area contributed by atoms with Crippen molar-refractivity contribution in [2.24, 2.45) is 0 Å². The number of para-hydroxylation sites is 1. The van der Waals surface area contributed by atoms with Crippen LogP contribution in [0.25, 0.3) is 0 Å². The summed E-state index contributed by atoms with van der Waals surface area (Å²) in [5.74, 6) is -0.0819. The molecular formula is C20H24N2O3. The molecule has 132 valence electrons. The maximum absolute atomic E-state index is 12.8. The fourth-order valence-electron chi connectivity index (χ4n) is 2.92. The Bertz CT molecular complexity index is 718. The number of hydrogen-bond donors (Lipinski definition) is 2. The molecule has 0 unspecified atom stereocenters. The number of hydrogen-bond acceptors (Lipinski definition) is 4. The quantitative estimate of drug-likeness (QED) is 0.814. The highest BCUT2D eigenvalue weighted by Gasteiger charge is 2.38. The predicted molar refractivity (Wildman–Crippen MR) is 97.5 cm³/mol. The van der Waals surface area contributed by atoms with Crippen LogP contribution in [0.4, 0.5) is 5.69 Å². The molecule has 0 fully saturated rings. The van der Waals surface area contributed by atoms with E-state index in [1.165, 1.54) is 0 Å². The number of ether oxygens (including phenoxy) is 1. The Balaban J connectivity index is 1.79. The number of rotatable bonds is 7. The van der Waals surface area contributed by atoms with Gasteiger partial charge in [-0.15, -0.1) is 0 Å². The molecule has 0 aliphatic carbocycles. The highest BCUT2D eigenvalue weighted by atomic mass is 16.5. The number of nitrogens with zero attached hydrogens (tertiary/aromatic N) is 1. The molecule has 1 aliphatic heterocycles. The lowest BCUT2D eigenvalue weighted by molar-refractivity contribution is -0.00721. The van der Waals surface area contributed by atoms with Crippen LogP contribution in [-0.4, -0.2) is 36.3 Å². The average molecular weight is 340 g/mol. The number of fused-ring (bicyclic) bond motifs is 1. The summed E-state index contributed by atoms with van der Waals surface area (Å²) >= 11 is 0. The van der Waals surface area contributed by atoms with E-state index < -0.39 is 12.3 Å². The van der Waals surface area contributed by atoms with Crippen LogP contribution in [0.1, 0.15) is 36.0 Å². The minimum absolute atomic E-state index is 0.0819. The lowest BCUT2D eigenvalue weighted by Crippen LogP contribution is -2.36. The van der Waals surface area contributed by atoms with Crippen LogP contribution in [-0.2, 0) is 4.74 Å². The van der Waals surface area contributed by atoms with E-state index in [9.17, 15) is 9.90 Å². The molecule has 0 spiro atoms. The highest BCUT2D eigenvalue weighted by Crippen LogP contribution is 2.38. The largest absolute Gasteiger partial charge is 0.389 e. The molecule has 2 aromatic carbocycles. The molecule has 0 radical (unpaired) electrons. The SMILES string of the molecule is CC(C)NC[C@@H](O)CO[C@H]1c2ccccc2C(=O)N1c1ccccc1. The van der Waals surface area contributed by atoms with E-state index >= 15 is 0 Å². The lowest BCUT2D eigenvalue weighted by atomic mass is 10.1. The van der Waals surface area contributed by atoms with Crippen molar-refractivity contribution >= 4 is 11.6 Å². The molecule has 5 nitrogen and oxygen atoms in total. The van der Waals surface area contributed by atoms with Crippen molar-refractivity contribution in [3.8, 4) is 0 Å². The van der Waals surface area contributed by atoms with Crippen LogP contribution in [0, 0.1) is 0 Å². The van der Waals surface area contributed by atoms with Gasteiger partial charge in [-0.3, -0.25) is 9.69 Å². The van der Waals surface area contributed by atoms with Gasteiger partial charge in [0, 0.05) is 29.4 Å². The normalized spacial score (nSPS) is 17.8. The number of carbonyl (C=O) groups is 1. The third kappa shape index (κ3) is 3.90. The Labute approximate surface area is 148 Å². The zero-order chi connectivity index (χ0) is 17.8. The van der Waals surface area contributed by atoms with Crippen LogP contribution < -0.4 is 10.2 Å². The summed E-state index contributed by atoms with van der Waals surface area (Å²) in [6.07, 6.45) is -1.16. The summed E-state index contributed by atoms with van der Waals surface area (Å²) in [5, 5.41) is 13.3. The molecule has 1 heterocycles. The second-order valence-corrected chi connectivity index (χ2v) is 6.50. The van der Waals surface area contributed by atoms with Gasteiger partial charge in [0.25, 0.3) is 5.91 Å². The Hall–Kier alpha value is -2.21. The molecule has 3 rings (SSSR count). The standard InChI is InChI=1S/C20H24N2O3/c1-14(2)21-12-16(23)13-25-20-18-11-7-6-10-17(18)19(24)22(20)15-8-4-3-5-9-15/h3-11,14,16,20-21,23H,12-13H2,1-2H3/t16-,20+/m1/s1. The molecule has 25 heavy (non-hydrogen) atoms. The van der Waals surface area contributed by atoms with Crippen LogP contribution in [0.3, 0.4) is 0 Å². The summed E-state index contributed by atoms with van der Waals surface area (Å²) < 4.78 is 5.98. The zero-order valence-corrected chi connectivity index (χ0v) is 14.6. The van der Waals surface area contributed by atoms with Crippen molar-refractivity contribution in [1.29, 1.82) is 0 Å². The van der Waals surface area contributed by atoms with E-state index in [1.807, 2.05) is 68.4 Å².